The monoisotopic (exact) mass is 266 g/mol. The van der Waals surface area contributed by atoms with Crippen LogP contribution in [0.5, 0.6) is 0 Å². The van der Waals surface area contributed by atoms with E-state index < -0.39 is 0 Å². The molecule has 0 amide bonds. The molecule has 0 aliphatic rings. The van der Waals surface area contributed by atoms with E-state index in [4.69, 9.17) is 5.73 Å². The number of nitrogen functional groups attached to an aromatic ring is 1. The highest BCUT2D eigenvalue weighted by atomic mass is 32.2. The van der Waals surface area contributed by atoms with Crippen LogP contribution in [0.25, 0.3) is 10.9 Å². The molecule has 2 aromatic carbocycles. The summed E-state index contributed by atoms with van der Waals surface area (Å²) in [5.41, 5.74) is 8.84. The van der Waals surface area contributed by atoms with Gasteiger partial charge in [-0.2, -0.15) is 0 Å². The lowest BCUT2D eigenvalue weighted by atomic mass is 10.2. The summed E-state index contributed by atoms with van der Waals surface area (Å²) in [5.74, 6) is 0. The maximum atomic E-state index is 5.97. The molecule has 0 unspecified atom stereocenters. The van der Waals surface area contributed by atoms with Crippen LogP contribution in [0.4, 0.5) is 5.69 Å². The first-order valence-electron chi connectivity index (χ1n) is 6.12. The van der Waals surface area contributed by atoms with E-state index >= 15 is 0 Å². The summed E-state index contributed by atoms with van der Waals surface area (Å²) >= 11 is 1.74. The SMILES string of the molecule is Cc1cccc(Sc2ccc(N)c3ncccc23)c1. The Labute approximate surface area is 116 Å². The summed E-state index contributed by atoms with van der Waals surface area (Å²) < 4.78 is 0. The maximum Gasteiger partial charge on any atom is 0.0942 e. The van der Waals surface area contributed by atoms with Crippen molar-refractivity contribution in [2.24, 2.45) is 0 Å². The van der Waals surface area contributed by atoms with E-state index in [2.05, 4.69) is 48.3 Å². The van der Waals surface area contributed by atoms with E-state index in [-0.39, 0.29) is 0 Å². The molecule has 0 bridgehead atoms. The third kappa shape index (κ3) is 2.42. The Hall–Kier alpha value is -2.00. The summed E-state index contributed by atoms with van der Waals surface area (Å²) in [4.78, 5) is 6.78. The number of nitrogens with zero attached hydrogens (tertiary/aromatic N) is 1. The van der Waals surface area contributed by atoms with E-state index in [1.54, 1.807) is 18.0 Å². The highest BCUT2D eigenvalue weighted by Gasteiger charge is 2.06. The lowest BCUT2D eigenvalue weighted by Gasteiger charge is -2.08. The van der Waals surface area contributed by atoms with Crippen LogP contribution in [0.2, 0.25) is 0 Å². The molecule has 0 atom stereocenters. The Morgan fingerprint density at radius 1 is 1.05 bits per heavy atom. The van der Waals surface area contributed by atoms with Gasteiger partial charge in [-0.15, -0.1) is 0 Å². The van der Waals surface area contributed by atoms with Gasteiger partial charge in [0.05, 0.1) is 11.2 Å². The minimum atomic E-state index is 0.726. The van der Waals surface area contributed by atoms with Gasteiger partial charge < -0.3 is 5.73 Å². The molecule has 0 spiro atoms. The van der Waals surface area contributed by atoms with Crippen LogP contribution in [-0.2, 0) is 0 Å². The Bertz CT molecular complexity index is 738. The zero-order valence-electron chi connectivity index (χ0n) is 10.6. The molecule has 0 aliphatic heterocycles. The molecule has 19 heavy (non-hydrogen) atoms. The Morgan fingerprint density at radius 3 is 2.79 bits per heavy atom. The second kappa shape index (κ2) is 4.94. The lowest BCUT2D eigenvalue weighted by molar-refractivity contribution is 1.35. The molecule has 94 valence electrons. The first kappa shape index (κ1) is 12.1. The summed E-state index contributed by atoms with van der Waals surface area (Å²) in [7, 11) is 0. The summed E-state index contributed by atoms with van der Waals surface area (Å²) in [6.45, 7) is 2.10. The minimum absolute atomic E-state index is 0.726. The molecule has 0 radical (unpaired) electrons. The van der Waals surface area contributed by atoms with E-state index in [0.29, 0.717) is 0 Å². The third-order valence-electron chi connectivity index (χ3n) is 2.98. The Morgan fingerprint density at radius 2 is 1.95 bits per heavy atom. The number of hydrogen-bond donors (Lipinski definition) is 1. The van der Waals surface area contributed by atoms with E-state index in [1.165, 1.54) is 15.4 Å². The number of benzene rings is 2. The van der Waals surface area contributed by atoms with Crippen molar-refractivity contribution in [1.82, 2.24) is 4.98 Å². The molecule has 1 aromatic heterocycles. The molecule has 3 rings (SSSR count). The van der Waals surface area contributed by atoms with Crippen LogP contribution >= 0.6 is 11.8 Å². The first-order chi connectivity index (χ1) is 9.24. The van der Waals surface area contributed by atoms with Crippen LogP contribution in [0.3, 0.4) is 0 Å². The van der Waals surface area contributed by atoms with Gasteiger partial charge in [0, 0.05) is 21.4 Å². The van der Waals surface area contributed by atoms with Crippen LogP contribution in [0.15, 0.2) is 64.5 Å². The predicted molar refractivity (Wildman–Crippen MR) is 81.5 cm³/mol. The van der Waals surface area contributed by atoms with Gasteiger partial charge in [-0.3, -0.25) is 4.98 Å². The molecule has 1 heterocycles. The number of nitrogens with two attached hydrogens (primary N) is 1. The molecular weight excluding hydrogens is 252 g/mol. The molecule has 3 aromatic rings. The number of hydrogen-bond acceptors (Lipinski definition) is 3. The van der Waals surface area contributed by atoms with Gasteiger partial charge in [-0.05, 0) is 37.3 Å². The van der Waals surface area contributed by atoms with Crippen molar-refractivity contribution < 1.29 is 0 Å². The summed E-state index contributed by atoms with van der Waals surface area (Å²) in [5, 5.41) is 1.11. The van der Waals surface area contributed by atoms with E-state index in [0.717, 1.165) is 16.6 Å². The minimum Gasteiger partial charge on any atom is -0.397 e. The van der Waals surface area contributed by atoms with E-state index in [9.17, 15) is 0 Å². The van der Waals surface area contributed by atoms with Crippen LogP contribution in [0.1, 0.15) is 5.56 Å². The van der Waals surface area contributed by atoms with Crippen LogP contribution < -0.4 is 5.73 Å². The van der Waals surface area contributed by atoms with Gasteiger partial charge >= 0.3 is 0 Å². The summed E-state index contributed by atoms with van der Waals surface area (Å²) in [6, 6.07) is 16.5. The van der Waals surface area contributed by atoms with Crippen molar-refractivity contribution in [2.75, 3.05) is 5.73 Å². The molecule has 0 fully saturated rings. The Balaban J connectivity index is 2.09. The van der Waals surface area contributed by atoms with Gasteiger partial charge in [0.15, 0.2) is 0 Å². The normalized spacial score (nSPS) is 10.8. The molecule has 0 aliphatic carbocycles. The fourth-order valence-corrected chi connectivity index (χ4v) is 3.12. The zero-order chi connectivity index (χ0) is 13.2. The third-order valence-corrected chi connectivity index (χ3v) is 4.04. The van der Waals surface area contributed by atoms with Crippen LogP contribution in [0, 0.1) is 6.92 Å². The van der Waals surface area contributed by atoms with Crippen molar-refractivity contribution in [3.05, 3.63) is 60.3 Å². The van der Waals surface area contributed by atoms with Crippen molar-refractivity contribution in [3.8, 4) is 0 Å². The molecule has 3 heteroatoms. The van der Waals surface area contributed by atoms with Crippen molar-refractivity contribution in [3.63, 3.8) is 0 Å². The quantitative estimate of drug-likeness (QED) is 0.704. The zero-order valence-corrected chi connectivity index (χ0v) is 11.4. The number of rotatable bonds is 2. The van der Waals surface area contributed by atoms with Crippen molar-refractivity contribution in [1.29, 1.82) is 0 Å². The standard InChI is InChI=1S/C16H14N2S/c1-11-4-2-5-12(10-11)19-15-8-7-14(17)16-13(15)6-3-9-18-16/h2-10H,17H2,1H3. The highest BCUT2D eigenvalue weighted by Crippen LogP contribution is 2.35. The number of fused-ring (bicyclic) bond motifs is 1. The maximum absolute atomic E-state index is 5.97. The predicted octanol–water partition coefficient (Wildman–Crippen LogP) is 4.28. The van der Waals surface area contributed by atoms with Gasteiger partial charge in [0.2, 0.25) is 0 Å². The van der Waals surface area contributed by atoms with Gasteiger partial charge in [0.1, 0.15) is 0 Å². The fourth-order valence-electron chi connectivity index (χ4n) is 2.06. The molecule has 2 N–H and O–H groups in total. The number of aryl methyl sites for hydroxylation is 1. The molecule has 0 saturated heterocycles. The second-order valence-electron chi connectivity index (χ2n) is 4.47. The largest absolute Gasteiger partial charge is 0.397 e. The Kier molecular flexibility index (Phi) is 3.13. The average Bonchev–Trinajstić information content (AvgIpc) is 2.42. The molecule has 2 nitrogen and oxygen atoms in total. The fraction of sp³-hybridized carbons (Fsp3) is 0.0625. The van der Waals surface area contributed by atoms with Gasteiger partial charge in [0.25, 0.3) is 0 Å². The number of anilines is 1. The summed E-state index contributed by atoms with van der Waals surface area (Å²) in [6.07, 6.45) is 1.78. The lowest BCUT2D eigenvalue weighted by Crippen LogP contribution is -1.90. The van der Waals surface area contributed by atoms with Gasteiger partial charge in [-0.25, -0.2) is 0 Å². The number of aromatic nitrogens is 1. The molecular formula is C16H14N2S. The van der Waals surface area contributed by atoms with Crippen molar-refractivity contribution >= 4 is 28.4 Å². The van der Waals surface area contributed by atoms with Crippen LogP contribution in [-0.4, -0.2) is 4.98 Å². The van der Waals surface area contributed by atoms with Crippen molar-refractivity contribution in [2.45, 2.75) is 16.7 Å². The molecule has 0 saturated carbocycles. The second-order valence-corrected chi connectivity index (χ2v) is 5.59. The number of pyridine rings is 1. The topological polar surface area (TPSA) is 38.9 Å². The van der Waals surface area contributed by atoms with Gasteiger partial charge in [-0.1, -0.05) is 35.5 Å². The average molecular weight is 266 g/mol. The smallest absolute Gasteiger partial charge is 0.0942 e. The first-order valence-corrected chi connectivity index (χ1v) is 6.93. The highest BCUT2D eigenvalue weighted by molar-refractivity contribution is 7.99. The van der Waals surface area contributed by atoms with E-state index in [1.807, 2.05) is 12.1 Å².